The van der Waals surface area contributed by atoms with Crippen molar-refractivity contribution < 1.29 is 44.6 Å². The first-order valence-corrected chi connectivity index (χ1v) is 6.58. The van der Waals surface area contributed by atoms with Crippen LogP contribution in [-0.2, 0) is 0 Å². The summed E-state index contributed by atoms with van der Waals surface area (Å²) >= 11 is 0. The molecule has 0 unspecified atom stereocenters. The fraction of sp³-hybridized carbons (Fsp3) is 1.00. The molecule has 1 N–H and O–H groups in total. The highest BCUT2D eigenvalue weighted by Gasteiger charge is 2.82. The van der Waals surface area contributed by atoms with Gasteiger partial charge in [0.05, 0.1) is 12.5 Å². The average molecular weight is 348 g/mol. The number of unbranched alkanes of at least 4 members (excludes halogenated alkanes) is 3. The van der Waals surface area contributed by atoms with Crippen LogP contribution in [0, 0.1) is 5.92 Å². The minimum absolute atomic E-state index is 0.0949. The Bertz CT molecular complexity index is 338. The van der Waals surface area contributed by atoms with Crippen LogP contribution in [0.1, 0.15) is 39.0 Å². The molecule has 0 rings (SSSR count). The Kier molecular flexibility index (Phi) is 7.05. The highest BCUT2D eigenvalue weighted by molar-refractivity contribution is 5.02. The van der Waals surface area contributed by atoms with Gasteiger partial charge in [-0.15, -0.1) is 0 Å². The van der Waals surface area contributed by atoms with E-state index in [9.17, 15) is 39.5 Å². The molecule has 0 aliphatic carbocycles. The quantitative estimate of drug-likeness (QED) is 0.458. The van der Waals surface area contributed by atoms with Crippen molar-refractivity contribution in [3.05, 3.63) is 0 Å². The van der Waals surface area contributed by atoms with Gasteiger partial charge in [0, 0.05) is 0 Å². The average Bonchev–Trinajstić information content (AvgIpc) is 2.36. The third-order valence-corrected chi connectivity index (χ3v) is 3.31. The Hall–Kier alpha value is -0.670. The molecule has 0 fully saturated rings. The van der Waals surface area contributed by atoms with Crippen LogP contribution in [0.2, 0.25) is 0 Å². The van der Waals surface area contributed by atoms with E-state index in [4.69, 9.17) is 5.11 Å². The van der Waals surface area contributed by atoms with Crippen molar-refractivity contribution in [2.45, 2.75) is 63.0 Å². The molecule has 0 aliphatic rings. The van der Waals surface area contributed by atoms with E-state index in [0.717, 1.165) is 0 Å². The molecule has 0 saturated heterocycles. The molecule has 10 heteroatoms. The summed E-state index contributed by atoms with van der Waals surface area (Å²) in [7, 11) is 0. The number of aliphatic hydroxyl groups excluding tert-OH is 1. The van der Waals surface area contributed by atoms with Gasteiger partial charge in [0.1, 0.15) is 0 Å². The minimum Gasteiger partial charge on any atom is -0.396 e. The van der Waals surface area contributed by atoms with Crippen molar-refractivity contribution >= 4 is 0 Å². The van der Waals surface area contributed by atoms with Crippen molar-refractivity contribution in [3.8, 4) is 0 Å². The fourth-order valence-corrected chi connectivity index (χ4v) is 1.85. The largest absolute Gasteiger partial charge is 0.460 e. The van der Waals surface area contributed by atoms with Gasteiger partial charge in [-0.2, -0.15) is 39.5 Å². The van der Waals surface area contributed by atoms with Crippen LogP contribution in [-0.4, -0.2) is 35.7 Å². The van der Waals surface area contributed by atoms with Crippen LogP contribution in [0.4, 0.5) is 39.5 Å². The molecule has 134 valence electrons. The predicted octanol–water partition coefficient (Wildman–Crippen LogP) is 5.03. The zero-order chi connectivity index (χ0) is 17.8. The summed E-state index contributed by atoms with van der Waals surface area (Å²) in [5, 5.41) is 8.71. The number of alkyl halides is 9. The molecule has 22 heavy (non-hydrogen) atoms. The lowest BCUT2D eigenvalue weighted by Crippen LogP contribution is -2.63. The molecular formula is C12H17F9O. The summed E-state index contributed by atoms with van der Waals surface area (Å²) in [5.74, 6) is -21.9. The molecule has 0 aliphatic heterocycles. The SMILES string of the molecule is CCCCCC[C@@H](CO)C(F)(F)C(F)(F)C(F)(F)C(F)(F)F. The van der Waals surface area contributed by atoms with Gasteiger partial charge in [-0.25, -0.2) is 0 Å². The lowest BCUT2D eigenvalue weighted by Gasteiger charge is -2.37. The molecule has 1 nitrogen and oxygen atoms in total. The van der Waals surface area contributed by atoms with Gasteiger partial charge in [0.25, 0.3) is 0 Å². The van der Waals surface area contributed by atoms with Gasteiger partial charge < -0.3 is 5.11 Å². The maximum atomic E-state index is 13.5. The van der Waals surface area contributed by atoms with Crippen LogP contribution in [0.3, 0.4) is 0 Å². The van der Waals surface area contributed by atoms with E-state index in [1.807, 2.05) is 0 Å². The summed E-state index contributed by atoms with van der Waals surface area (Å²) < 4.78 is 115. The minimum atomic E-state index is -6.90. The van der Waals surface area contributed by atoms with E-state index in [-0.39, 0.29) is 6.42 Å². The van der Waals surface area contributed by atoms with Crippen molar-refractivity contribution in [1.82, 2.24) is 0 Å². The van der Waals surface area contributed by atoms with Crippen molar-refractivity contribution in [1.29, 1.82) is 0 Å². The fourth-order valence-electron chi connectivity index (χ4n) is 1.85. The first-order chi connectivity index (χ1) is 9.77. The molecule has 0 amide bonds. The topological polar surface area (TPSA) is 20.2 Å². The van der Waals surface area contributed by atoms with Crippen LogP contribution < -0.4 is 0 Å². The molecule has 0 aromatic heterocycles. The number of halogens is 9. The van der Waals surface area contributed by atoms with Crippen molar-refractivity contribution in [2.75, 3.05) is 6.61 Å². The maximum Gasteiger partial charge on any atom is 0.460 e. The molecule has 0 radical (unpaired) electrons. The second-order valence-electron chi connectivity index (χ2n) is 5.00. The summed E-state index contributed by atoms with van der Waals surface area (Å²) in [5.41, 5.74) is 0. The van der Waals surface area contributed by atoms with Gasteiger partial charge in [-0.1, -0.05) is 32.6 Å². The second kappa shape index (κ2) is 7.27. The number of rotatable bonds is 9. The molecule has 0 heterocycles. The smallest absolute Gasteiger partial charge is 0.396 e. The zero-order valence-electron chi connectivity index (χ0n) is 11.7. The standard InChI is InChI=1S/C12H17F9O/c1-2-3-4-5-6-8(7-22)9(13,14)10(15,16)11(17,18)12(19,20)21/h8,22H,2-7H2,1H3/t8-/m0/s1. The van der Waals surface area contributed by atoms with E-state index in [1.165, 1.54) is 0 Å². The highest BCUT2D eigenvalue weighted by Crippen LogP contribution is 2.55. The molecule has 0 aromatic carbocycles. The molecule has 1 atom stereocenters. The third-order valence-electron chi connectivity index (χ3n) is 3.31. The first kappa shape index (κ1) is 21.3. The first-order valence-electron chi connectivity index (χ1n) is 6.58. The Morgan fingerprint density at radius 2 is 1.27 bits per heavy atom. The predicted molar refractivity (Wildman–Crippen MR) is 60.2 cm³/mol. The van der Waals surface area contributed by atoms with E-state index >= 15 is 0 Å². The van der Waals surface area contributed by atoms with E-state index in [2.05, 4.69) is 0 Å². The molecular weight excluding hydrogens is 331 g/mol. The summed E-state index contributed by atoms with van der Waals surface area (Å²) in [6, 6.07) is 0. The van der Waals surface area contributed by atoms with E-state index < -0.39 is 42.9 Å². The van der Waals surface area contributed by atoms with Crippen LogP contribution >= 0.6 is 0 Å². The molecule has 0 aromatic rings. The van der Waals surface area contributed by atoms with Gasteiger partial charge in [0.15, 0.2) is 0 Å². The Morgan fingerprint density at radius 1 is 0.773 bits per heavy atom. The van der Waals surface area contributed by atoms with Crippen LogP contribution in [0.5, 0.6) is 0 Å². The summed E-state index contributed by atoms with van der Waals surface area (Å²) in [4.78, 5) is 0. The Balaban J connectivity index is 5.29. The zero-order valence-corrected chi connectivity index (χ0v) is 11.7. The number of hydrogen-bond donors (Lipinski definition) is 1. The summed E-state index contributed by atoms with van der Waals surface area (Å²) in [6.07, 6.45) is -6.18. The number of aliphatic hydroxyl groups is 1. The monoisotopic (exact) mass is 348 g/mol. The maximum absolute atomic E-state index is 13.5. The van der Waals surface area contributed by atoms with Gasteiger partial charge >= 0.3 is 23.9 Å². The molecule has 0 saturated carbocycles. The van der Waals surface area contributed by atoms with Gasteiger partial charge in [-0.3, -0.25) is 0 Å². The lowest BCUT2D eigenvalue weighted by atomic mass is 9.88. The molecule has 0 bridgehead atoms. The second-order valence-corrected chi connectivity index (χ2v) is 5.00. The Labute approximate surface area is 121 Å². The van der Waals surface area contributed by atoms with Gasteiger partial charge in [-0.05, 0) is 6.42 Å². The van der Waals surface area contributed by atoms with Crippen molar-refractivity contribution in [2.24, 2.45) is 5.92 Å². The highest BCUT2D eigenvalue weighted by atomic mass is 19.4. The van der Waals surface area contributed by atoms with Crippen LogP contribution in [0.15, 0.2) is 0 Å². The third kappa shape index (κ3) is 3.99. The van der Waals surface area contributed by atoms with E-state index in [0.29, 0.717) is 19.3 Å². The number of hydrogen-bond acceptors (Lipinski definition) is 1. The van der Waals surface area contributed by atoms with Crippen LogP contribution in [0.25, 0.3) is 0 Å². The van der Waals surface area contributed by atoms with E-state index in [1.54, 1.807) is 6.92 Å². The van der Waals surface area contributed by atoms with Gasteiger partial charge in [0.2, 0.25) is 0 Å². The summed E-state index contributed by atoms with van der Waals surface area (Å²) in [6.45, 7) is 0.138. The Morgan fingerprint density at radius 3 is 1.64 bits per heavy atom. The molecule has 0 spiro atoms. The lowest BCUT2D eigenvalue weighted by molar-refractivity contribution is -0.404. The normalized spacial score (nSPS) is 16.0. The van der Waals surface area contributed by atoms with Crippen molar-refractivity contribution in [3.63, 3.8) is 0 Å².